The molecule has 0 aliphatic carbocycles. The minimum absolute atomic E-state index is 0.0158. The van der Waals surface area contributed by atoms with Crippen molar-refractivity contribution in [2.45, 2.75) is 64.9 Å². The second-order valence-electron chi connectivity index (χ2n) is 9.36. The highest BCUT2D eigenvalue weighted by atomic mass is 28.4. The van der Waals surface area contributed by atoms with Crippen LogP contribution < -0.4 is 10.2 Å². The number of carbonyl (C=O) groups is 1. The van der Waals surface area contributed by atoms with Gasteiger partial charge in [-0.2, -0.15) is 0 Å². The van der Waals surface area contributed by atoms with Gasteiger partial charge in [-0.15, -0.1) is 0 Å². The Morgan fingerprint density at radius 3 is 2.52 bits per heavy atom. The molecule has 0 saturated carbocycles. The Labute approximate surface area is 172 Å². The number of nitro groups is 1. The summed E-state index contributed by atoms with van der Waals surface area (Å²) in [5.74, 6) is -0.0260. The molecule has 1 aromatic rings. The molecule has 2 N–H and O–H groups in total. The highest BCUT2D eigenvalue weighted by molar-refractivity contribution is 6.74. The molecule has 1 saturated heterocycles. The summed E-state index contributed by atoms with van der Waals surface area (Å²) < 4.78 is 6.60. The van der Waals surface area contributed by atoms with E-state index in [1.54, 1.807) is 13.1 Å². The quantitative estimate of drug-likeness (QED) is 0.419. The van der Waals surface area contributed by atoms with Crippen LogP contribution in [-0.4, -0.2) is 54.7 Å². The summed E-state index contributed by atoms with van der Waals surface area (Å²) in [7, 11) is -2.14. The number of hydrogen-bond donors (Lipinski definition) is 2. The zero-order valence-corrected chi connectivity index (χ0v) is 19.2. The third kappa shape index (κ3) is 5.05. The van der Waals surface area contributed by atoms with E-state index in [0.29, 0.717) is 24.3 Å². The molecule has 1 aliphatic rings. The highest BCUT2D eigenvalue weighted by Crippen LogP contribution is 2.40. The second-order valence-corrected chi connectivity index (χ2v) is 14.1. The normalized spacial score (nSPS) is 23.0. The molecule has 0 bridgehead atoms. The molecule has 162 valence electrons. The number of anilines is 1. The number of pyridine rings is 1. The molecular weight excluding hydrogens is 392 g/mol. The lowest BCUT2D eigenvalue weighted by Gasteiger charge is -2.48. The van der Waals surface area contributed by atoms with Crippen molar-refractivity contribution < 1.29 is 19.3 Å². The first-order valence-corrected chi connectivity index (χ1v) is 12.7. The lowest BCUT2D eigenvalue weighted by molar-refractivity contribution is -0.384. The summed E-state index contributed by atoms with van der Waals surface area (Å²) in [5.41, 5.74) is 1.10. The number of carboxylic acid groups (broad SMARTS) is 1. The van der Waals surface area contributed by atoms with Crippen molar-refractivity contribution in [1.29, 1.82) is 0 Å². The Kier molecular flexibility index (Phi) is 6.58. The molecule has 1 amide bonds. The summed E-state index contributed by atoms with van der Waals surface area (Å²) >= 11 is 0. The molecule has 9 nitrogen and oxygen atoms in total. The topological polar surface area (TPSA) is 118 Å². The maximum absolute atomic E-state index is 11.5. The van der Waals surface area contributed by atoms with Gasteiger partial charge in [0.15, 0.2) is 8.32 Å². The smallest absolute Gasteiger partial charge is 0.405 e. The van der Waals surface area contributed by atoms with Crippen molar-refractivity contribution in [3.05, 3.63) is 28.1 Å². The first-order chi connectivity index (χ1) is 13.2. The van der Waals surface area contributed by atoms with Crippen LogP contribution in [0.1, 0.15) is 33.3 Å². The van der Waals surface area contributed by atoms with E-state index in [1.165, 1.54) is 6.20 Å². The lowest BCUT2D eigenvalue weighted by atomic mass is 9.91. The number of aromatic nitrogens is 1. The van der Waals surface area contributed by atoms with E-state index in [0.717, 1.165) is 0 Å². The van der Waals surface area contributed by atoms with Crippen molar-refractivity contribution >= 4 is 25.8 Å². The van der Waals surface area contributed by atoms with E-state index < -0.39 is 25.4 Å². The molecule has 10 heteroatoms. The molecule has 0 spiro atoms. The number of amides is 1. The summed E-state index contributed by atoms with van der Waals surface area (Å²) in [6, 6.07) is -0.502. The van der Waals surface area contributed by atoms with E-state index >= 15 is 0 Å². The van der Waals surface area contributed by atoms with Crippen LogP contribution in [0.3, 0.4) is 0 Å². The minimum Gasteiger partial charge on any atom is -0.465 e. The summed E-state index contributed by atoms with van der Waals surface area (Å²) in [5, 5.41) is 23.5. The van der Waals surface area contributed by atoms with Crippen LogP contribution in [0.5, 0.6) is 0 Å². The van der Waals surface area contributed by atoms with Crippen molar-refractivity contribution in [1.82, 2.24) is 10.3 Å². The SMILES string of the molecule is Cc1cncc([N+](=O)[O-])c1N1C[C@H](C)[C@@H](O[Si](C)(C)C(C)(C)C)[C@H](NC(=O)O)C1. The molecule has 0 unspecified atom stereocenters. The fourth-order valence-corrected chi connectivity index (χ4v) is 4.97. The molecule has 0 radical (unpaired) electrons. The zero-order valence-electron chi connectivity index (χ0n) is 18.2. The van der Waals surface area contributed by atoms with Gasteiger partial charge in [0, 0.05) is 25.2 Å². The number of aryl methyl sites for hydroxylation is 1. The number of hydrogen-bond acceptors (Lipinski definition) is 6. The van der Waals surface area contributed by atoms with Gasteiger partial charge in [-0.25, -0.2) is 4.79 Å². The van der Waals surface area contributed by atoms with Gasteiger partial charge in [0.2, 0.25) is 0 Å². The third-order valence-electron chi connectivity index (χ3n) is 6.02. The molecule has 2 heterocycles. The monoisotopic (exact) mass is 424 g/mol. The van der Waals surface area contributed by atoms with E-state index in [4.69, 9.17) is 4.43 Å². The third-order valence-corrected chi connectivity index (χ3v) is 10.5. The number of piperidine rings is 1. The predicted molar refractivity (Wildman–Crippen MR) is 114 cm³/mol. The van der Waals surface area contributed by atoms with Gasteiger partial charge in [0.25, 0.3) is 0 Å². The van der Waals surface area contributed by atoms with E-state index in [1.807, 2.05) is 11.8 Å². The van der Waals surface area contributed by atoms with Gasteiger partial charge in [-0.05, 0) is 30.6 Å². The molecule has 1 aromatic heterocycles. The largest absolute Gasteiger partial charge is 0.465 e. The van der Waals surface area contributed by atoms with E-state index in [9.17, 15) is 20.0 Å². The van der Waals surface area contributed by atoms with Crippen molar-refractivity contribution in [2.24, 2.45) is 5.92 Å². The Balaban J connectivity index is 2.39. The summed E-state index contributed by atoms with van der Waals surface area (Å²) in [6.45, 7) is 15.3. The summed E-state index contributed by atoms with van der Waals surface area (Å²) in [6.07, 6.45) is 1.40. The minimum atomic E-state index is -2.14. The standard InChI is InChI=1S/C19H32N4O5Si/c1-12-8-20-9-15(23(26)27)16(12)22-10-13(2)17(14(11-22)21-18(24)25)28-29(6,7)19(3,4)5/h8-9,13-14,17,21H,10-11H2,1-7H3,(H,24,25)/t13-,14+,17+/m0/s1. The number of rotatable bonds is 5. The first-order valence-electron chi connectivity index (χ1n) is 9.76. The van der Waals surface area contributed by atoms with Crippen LogP contribution in [0.2, 0.25) is 18.1 Å². The van der Waals surface area contributed by atoms with Crippen LogP contribution >= 0.6 is 0 Å². The molecule has 3 atom stereocenters. The Morgan fingerprint density at radius 2 is 2.00 bits per heavy atom. The maximum atomic E-state index is 11.5. The van der Waals surface area contributed by atoms with Crippen molar-refractivity contribution in [3.8, 4) is 0 Å². The average molecular weight is 425 g/mol. The molecule has 0 aromatic carbocycles. The Hall–Kier alpha value is -2.20. The van der Waals surface area contributed by atoms with Gasteiger partial charge in [0.05, 0.1) is 17.1 Å². The van der Waals surface area contributed by atoms with E-state index in [-0.39, 0.29) is 22.7 Å². The predicted octanol–water partition coefficient (Wildman–Crippen LogP) is 3.78. The van der Waals surface area contributed by atoms with Gasteiger partial charge >= 0.3 is 11.8 Å². The van der Waals surface area contributed by atoms with E-state index in [2.05, 4.69) is 44.2 Å². The molecule has 1 aliphatic heterocycles. The zero-order chi connectivity index (χ0) is 22.1. The summed E-state index contributed by atoms with van der Waals surface area (Å²) in [4.78, 5) is 28.4. The second kappa shape index (κ2) is 8.27. The van der Waals surface area contributed by atoms with Gasteiger partial charge < -0.3 is 19.7 Å². The van der Waals surface area contributed by atoms with Gasteiger partial charge in [-0.1, -0.05) is 27.7 Å². The molecular formula is C19H32N4O5Si. The van der Waals surface area contributed by atoms with Crippen LogP contribution in [0.15, 0.2) is 12.4 Å². The highest BCUT2D eigenvalue weighted by Gasteiger charge is 2.45. The van der Waals surface area contributed by atoms with Crippen molar-refractivity contribution in [2.75, 3.05) is 18.0 Å². The van der Waals surface area contributed by atoms with Gasteiger partial charge in [-0.3, -0.25) is 15.1 Å². The van der Waals surface area contributed by atoms with Crippen LogP contribution in [0, 0.1) is 23.0 Å². The first kappa shape index (κ1) is 23.1. The maximum Gasteiger partial charge on any atom is 0.405 e. The fraction of sp³-hybridized carbons (Fsp3) is 0.684. The average Bonchev–Trinajstić information content (AvgIpc) is 2.55. The molecule has 1 fully saturated rings. The lowest BCUT2D eigenvalue weighted by Crippen LogP contribution is -2.62. The molecule has 29 heavy (non-hydrogen) atoms. The number of nitrogens with one attached hydrogen (secondary N) is 1. The Bertz CT molecular complexity index is 780. The van der Waals surface area contributed by atoms with Crippen LogP contribution in [-0.2, 0) is 4.43 Å². The van der Waals surface area contributed by atoms with Gasteiger partial charge in [0.1, 0.15) is 11.9 Å². The fourth-order valence-electron chi connectivity index (χ4n) is 3.54. The Morgan fingerprint density at radius 1 is 1.38 bits per heavy atom. The van der Waals surface area contributed by atoms with Crippen LogP contribution in [0.25, 0.3) is 0 Å². The van der Waals surface area contributed by atoms with Crippen LogP contribution in [0.4, 0.5) is 16.2 Å². The molecule has 2 rings (SSSR count). The number of nitrogens with zero attached hydrogens (tertiary/aromatic N) is 3. The van der Waals surface area contributed by atoms with Crippen molar-refractivity contribution in [3.63, 3.8) is 0 Å².